The molecule has 0 unspecified atom stereocenters. The Bertz CT molecular complexity index is 593. The number of carbonyl (C=O) groups is 1. The molecule has 1 aromatic heterocycles. The summed E-state index contributed by atoms with van der Waals surface area (Å²) in [5.74, 6) is 0.308. The molecule has 1 amide bonds. The lowest BCUT2D eigenvalue weighted by molar-refractivity contribution is 0.102. The minimum atomic E-state index is -0.213. The van der Waals surface area contributed by atoms with Crippen LogP contribution in [0.15, 0.2) is 36.7 Å². The standard InChI is InChI=1S/C15H18N4O/c1-10(2)18-15-16-8-12(9-17-15)14(20)19-13-7-5-4-6-11(13)3/h4-10H,1-3H3,(H,19,20)(H,16,17,18). The second-order valence-corrected chi connectivity index (χ2v) is 4.86. The van der Waals surface area contributed by atoms with Gasteiger partial charge in [0.1, 0.15) is 0 Å². The van der Waals surface area contributed by atoms with Crippen molar-refractivity contribution in [3.05, 3.63) is 47.8 Å². The molecule has 1 aromatic carbocycles. The Hall–Kier alpha value is -2.43. The quantitative estimate of drug-likeness (QED) is 0.896. The summed E-state index contributed by atoms with van der Waals surface area (Å²) in [6.45, 7) is 5.95. The van der Waals surface area contributed by atoms with E-state index in [1.54, 1.807) is 0 Å². The Kier molecular flexibility index (Phi) is 4.30. The highest BCUT2D eigenvalue weighted by atomic mass is 16.1. The summed E-state index contributed by atoms with van der Waals surface area (Å²) in [4.78, 5) is 20.3. The molecule has 0 saturated heterocycles. The van der Waals surface area contributed by atoms with Crippen LogP contribution in [-0.2, 0) is 0 Å². The van der Waals surface area contributed by atoms with Crippen LogP contribution in [0.1, 0.15) is 29.8 Å². The van der Waals surface area contributed by atoms with Gasteiger partial charge >= 0.3 is 0 Å². The van der Waals surface area contributed by atoms with Gasteiger partial charge in [-0.2, -0.15) is 0 Å². The Balaban J connectivity index is 2.08. The lowest BCUT2D eigenvalue weighted by Gasteiger charge is -2.09. The van der Waals surface area contributed by atoms with Gasteiger partial charge < -0.3 is 10.6 Å². The number of nitrogens with zero attached hydrogens (tertiary/aromatic N) is 2. The van der Waals surface area contributed by atoms with Gasteiger partial charge in [-0.1, -0.05) is 18.2 Å². The number of anilines is 2. The molecule has 0 atom stereocenters. The fourth-order valence-corrected chi connectivity index (χ4v) is 1.69. The first kappa shape index (κ1) is 14.0. The van der Waals surface area contributed by atoms with Gasteiger partial charge in [-0.15, -0.1) is 0 Å². The van der Waals surface area contributed by atoms with E-state index in [1.807, 2.05) is 45.0 Å². The van der Waals surface area contributed by atoms with E-state index in [4.69, 9.17) is 0 Å². The van der Waals surface area contributed by atoms with E-state index in [1.165, 1.54) is 12.4 Å². The number of rotatable bonds is 4. The molecule has 5 nitrogen and oxygen atoms in total. The fourth-order valence-electron chi connectivity index (χ4n) is 1.69. The van der Waals surface area contributed by atoms with Gasteiger partial charge in [0.05, 0.1) is 5.56 Å². The molecule has 0 aliphatic heterocycles. The number of aryl methyl sites for hydroxylation is 1. The number of para-hydroxylation sites is 1. The van der Waals surface area contributed by atoms with Crippen LogP contribution in [0.3, 0.4) is 0 Å². The van der Waals surface area contributed by atoms with Crippen LogP contribution in [0.25, 0.3) is 0 Å². The van der Waals surface area contributed by atoms with Gasteiger partial charge in [-0.25, -0.2) is 9.97 Å². The molecule has 0 aliphatic carbocycles. The summed E-state index contributed by atoms with van der Waals surface area (Å²) in [7, 11) is 0. The highest BCUT2D eigenvalue weighted by Gasteiger charge is 2.09. The van der Waals surface area contributed by atoms with Crippen molar-refractivity contribution in [3.8, 4) is 0 Å². The Morgan fingerprint density at radius 2 is 1.80 bits per heavy atom. The van der Waals surface area contributed by atoms with Crippen LogP contribution >= 0.6 is 0 Å². The van der Waals surface area contributed by atoms with Crippen molar-refractivity contribution < 1.29 is 4.79 Å². The van der Waals surface area contributed by atoms with Crippen LogP contribution in [0, 0.1) is 6.92 Å². The minimum absolute atomic E-state index is 0.213. The van der Waals surface area contributed by atoms with E-state index in [9.17, 15) is 4.79 Å². The molecule has 0 bridgehead atoms. The Morgan fingerprint density at radius 3 is 2.40 bits per heavy atom. The van der Waals surface area contributed by atoms with Crippen molar-refractivity contribution >= 4 is 17.5 Å². The number of nitrogens with one attached hydrogen (secondary N) is 2. The van der Waals surface area contributed by atoms with Gasteiger partial charge in [0.2, 0.25) is 5.95 Å². The summed E-state index contributed by atoms with van der Waals surface area (Å²) in [5, 5.41) is 5.92. The molecular formula is C15H18N4O. The molecule has 104 valence electrons. The van der Waals surface area contributed by atoms with Crippen LogP contribution in [0.5, 0.6) is 0 Å². The SMILES string of the molecule is Cc1ccccc1NC(=O)c1cnc(NC(C)C)nc1. The monoisotopic (exact) mass is 270 g/mol. The van der Waals surface area contributed by atoms with Crippen LogP contribution < -0.4 is 10.6 Å². The van der Waals surface area contributed by atoms with E-state index in [0.717, 1.165) is 11.3 Å². The zero-order valence-electron chi connectivity index (χ0n) is 11.8. The molecule has 5 heteroatoms. The van der Waals surface area contributed by atoms with Crippen LogP contribution in [0.2, 0.25) is 0 Å². The first-order chi connectivity index (χ1) is 9.56. The third-order valence-electron chi connectivity index (χ3n) is 2.73. The average molecular weight is 270 g/mol. The first-order valence-electron chi connectivity index (χ1n) is 6.52. The number of hydrogen-bond acceptors (Lipinski definition) is 4. The molecule has 2 rings (SSSR count). The van der Waals surface area contributed by atoms with Gasteiger partial charge in [0.25, 0.3) is 5.91 Å². The summed E-state index contributed by atoms with van der Waals surface area (Å²) >= 11 is 0. The van der Waals surface area contributed by atoms with Crippen molar-refractivity contribution in [2.24, 2.45) is 0 Å². The van der Waals surface area contributed by atoms with E-state index in [-0.39, 0.29) is 11.9 Å². The number of amides is 1. The molecule has 2 aromatic rings. The fraction of sp³-hybridized carbons (Fsp3) is 0.267. The summed E-state index contributed by atoms with van der Waals surface area (Å²) < 4.78 is 0. The van der Waals surface area contributed by atoms with Crippen molar-refractivity contribution in [2.75, 3.05) is 10.6 Å². The Morgan fingerprint density at radius 1 is 1.15 bits per heavy atom. The molecule has 0 saturated carbocycles. The Labute approximate surface area is 118 Å². The predicted molar refractivity (Wildman–Crippen MR) is 79.9 cm³/mol. The highest BCUT2D eigenvalue weighted by Crippen LogP contribution is 2.14. The maximum atomic E-state index is 12.1. The van der Waals surface area contributed by atoms with Crippen LogP contribution in [0.4, 0.5) is 11.6 Å². The molecule has 0 fully saturated rings. The maximum absolute atomic E-state index is 12.1. The van der Waals surface area contributed by atoms with Gasteiger partial charge in [0.15, 0.2) is 0 Å². The maximum Gasteiger partial charge on any atom is 0.258 e. The lowest BCUT2D eigenvalue weighted by Crippen LogP contribution is -2.16. The number of hydrogen-bond donors (Lipinski definition) is 2. The van der Waals surface area contributed by atoms with E-state index >= 15 is 0 Å². The summed E-state index contributed by atoms with van der Waals surface area (Å²) in [6, 6.07) is 7.88. The molecule has 20 heavy (non-hydrogen) atoms. The third kappa shape index (κ3) is 3.54. The van der Waals surface area contributed by atoms with Gasteiger partial charge in [-0.05, 0) is 32.4 Å². The number of benzene rings is 1. The lowest BCUT2D eigenvalue weighted by atomic mass is 10.2. The summed E-state index contributed by atoms with van der Waals surface area (Å²) in [5.41, 5.74) is 2.24. The normalized spacial score (nSPS) is 10.4. The van der Waals surface area contributed by atoms with Gasteiger partial charge in [-0.3, -0.25) is 4.79 Å². The summed E-state index contributed by atoms with van der Waals surface area (Å²) in [6.07, 6.45) is 3.04. The van der Waals surface area contributed by atoms with Crippen LogP contribution in [-0.4, -0.2) is 21.9 Å². The average Bonchev–Trinajstić information content (AvgIpc) is 2.41. The van der Waals surface area contributed by atoms with E-state index in [2.05, 4.69) is 20.6 Å². The molecule has 0 aliphatic rings. The molecule has 0 spiro atoms. The molecule has 2 N–H and O–H groups in total. The number of carbonyl (C=O) groups excluding carboxylic acids is 1. The van der Waals surface area contributed by atoms with Crippen molar-refractivity contribution in [1.29, 1.82) is 0 Å². The molecule has 0 radical (unpaired) electrons. The van der Waals surface area contributed by atoms with E-state index < -0.39 is 0 Å². The second kappa shape index (κ2) is 6.14. The topological polar surface area (TPSA) is 66.9 Å². The van der Waals surface area contributed by atoms with Gasteiger partial charge in [0, 0.05) is 24.1 Å². The predicted octanol–water partition coefficient (Wildman–Crippen LogP) is 2.86. The largest absolute Gasteiger partial charge is 0.352 e. The smallest absolute Gasteiger partial charge is 0.258 e. The molecular weight excluding hydrogens is 252 g/mol. The highest BCUT2D eigenvalue weighted by molar-refractivity contribution is 6.04. The van der Waals surface area contributed by atoms with Crippen molar-refractivity contribution in [1.82, 2.24) is 9.97 Å². The third-order valence-corrected chi connectivity index (χ3v) is 2.73. The second-order valence-electron chi connectivity index (χ2n) is 4.86. The minimum Gasteiger partial charge on any atom is -0.352 e. The molecule has 1 heterocycles. The van der Waals surface area contributed by atoms with E-state index in [0.29, 0.717) is 11.5 Å². The first-order valence-corrected chi connectivity index (χ1v) is 6.52. The van der Waals surface area contributed by atoms with Crippen molar-refractivity contribution in [2.45, 2.75) is 26.8 Å². The number of aromatic nitrogens is 2. The zero-order chi connectivity index (χ0) is 14.5. The zero-order valence-corrected chi connectivity index (χ0v) is 11.8. The van der Waals surface area contributed by atoms with Crippen molar-refractivity contribution in [3.63, 3.8) is 0 Å².